The topological polar surface area (TPSA) is 12.0 Å². The van der Waals surface area contributed by atoms with Crippen LogP contribution in [-0.2, 0) is 0 Å². The van der Waals surface area contributed by atoms with Gasteiger partial charge in [-0.05, 0) is 56.7 Å². The Morgan fingerprint density at radius 3 is 2.71 bits per heavy atom. The number of halogens is 1. The Morgan fingerprint density at radius 2 is 2.06 bits per heavy atom. The van der Waals surface area contributed by atoms with E-state index < -0.39 is 0 Å². The fourth-order valence-corrected chi connectivity index (χ4v) is 3.47. The summed E-state index contributed by atoms with van der Waals surface area (Å²) in [5, 5.41) is 4.67. The van der Waals surface area contributed by atoms with Crippen LogP contribution in [0.5, 0.6) is 0 Å². The Hall–Kier alpha value is -0.530. The Kier molecular flexibility index (Phi) is 2.72. The van der Waals surface area contributed by atoms with E-state index in [2.05, 4.69) is 37.4 Å². The summed E-state index contributed by atoms with van der Waals surface area (Å²) in [4.78, 5) is 0. The minimum atomic E-state index is 0.192. The number of hydrogen-bond acceptors (Lipinski definition) is 1. The average Bonchev–Trinajstić information content (AvgIpc) is 3.03. The quantitative estimate of drug-likeness (QED) is 0.836. The lowest BCUT2D eigenvalue weighted by molar-refractivity contribution is 0.386. The van der Waals surface area contributed by atoms with Crippen molar-refractivity contribution in [1.82, 2.24) is 5.32 Å². The molecule has 1 saturated heterocycles. The molecule has 1 heterocycles. The van der Waals surface area contributed by atoms with Crippen LogP contribution in [0.3, 0.4) is 0 Å². The van der Waals surface area contributed by atoms with Crippen LogP contribution in [0.25, 0.3) is 0 Å². The molecule has 2 aliphatic rings. The van der Waals surface area contributed by atoms with Gasteiger partial charge in [0.2, 0.25) is 0 Å². The first kappa shape index (κ1) is 11.6. The molecule has 92 valence electrons. The van der Waals surface area contributed by atoms with Crippen LogP contribution in [0.1, 0.15) is 44.6 Å². The second-order valence-electron chi connectivity index (χ2n) is 6.15. The lowest BCUT2D eigenvalue weighted by atomic mass is 9.82. The van der Waals surface area contributed by atoms with Crippen LogP contribution in [-0.4, -0.2) is 11.6 Å². The molecular weight excluding hydrogens is 230 g/mol. The number of rotatable bonds is 2. The molecule has 0 spiro atoms. The molecular formula is C15H20ClN. The molecule has 17 heavy (non-hydrogen) atoms. The highest BCUT2D eigenvalue weighted by atomic mass is 35.5. The molecule has 1 N–H and O–H groups in total. The van der Waals surface area contributed by atoms with Crippen molar-refractivity contribution in [3.63, 3.8) is 0 Å². The van der Waals surface area contributed by atoms with E-state index in [-0.39, 0.29) is 5.54 Å². The molecule has 1 aromatic carbocycles. The first-order chi connectivity index (χ1) is 8.06. The van der Waals surface area contributed by atoms with Gasteiger partial charge in [0.05, 0.1) is 0 Å². The second kappa shape index (κ2) is 4.00. The molecule has 0 radical (unpaired) electrons. The van der Waals surface area contributed by atoms with Gasteiger partial charge in [-0.1, -0.05) is 23.7 Å². The van der Waals surface area contributed by atoms with Crippen LogP contribution in [0.4, 0.5) is 0 Å². The normalized spacial score (nSPS) is 31.7. The molecule has 0 aromatic heterocycles. The molecule has 2 unspecified atom stereocenters. The van der Waals surface area contributed by atoms with Gasteiger partial charge >= 0.3 is 0 Å². The zero-order valence-electron chi connectivity index (χ0n) is 10.5. The molecule has 3 rings (SSSR count). The van der Waals surface area contributed by atoms with Gasteiger partial charge in [-0.2, -0.15) is 0 Å². The summed E-state index contributed by atoms with van der Waals surface area (Å²) >= 11 is 6.11. The van der Waals surface area contributed by atoms with Crippen molar-refractivity contribution >= 4 is 11.6 Å². The van der Waals surface area contributed by atoms with Gasteiger partial charge in [-0.3, -0.25) is 0 Å². The molecule has 1 aromatic rings. The number of nitrogens with one attached hydrogen (secondary N) is 1. The average molecular weight is 250 g/mol. The van der Waals surface area contributed by atoms with E-state index in [1.165, 1.54) is 24.8 Å². The molecule has 2 atom stereocenters. The van der Waals surface area contributed by atoms with Crippen LogP contribution in [0, 0.1) is 5.92 Å². The van der Waals surface area contributed by atoms with E-state index in [4.69, 9.17) is 11.6 Å². The van der Waals surface area contributed by atoms with Crippen molar-refractivity contribution in [2.45, 2.75) is 50.6 Å². The maximum atomic E-state index is 6.11. The van der Waals surface area contributed by atoms with Gasteiger partial charge < -0.3 is 5.32 Å². The maximum absolute atomic E-state index is 6.11. The van der Waals surface area contributed by atoms with Crippen LogP contribution < -0.4 is 5.32 Å². The van der Waals surface area contributed by atoms with Crippen molar-refractivity contribution in [2.24, 2.45) is 5.92 Å². The Labute approximate surface area is 109 Å². The summed E-state index contributed by atoms with van der Waals surface area (Å²) in [6.45, 7) is 4.64. The van der Waals surface area contributed by atoms with E-state index >= 15 is 0 Å². The minimum absolute atomic E-state index is 0.192. The summed E-state index contributed by atoms with van der Waals surface area (Å²) < 4.78 is 0. The van der Waals surface area contributed by atoms with E-state index in [1.54, 1.807) is 0 Å². The lowest BCUT2D eigenvalue weighted by Gasteiger charge is -2.28. The smallest absolute Gasteiger partial charge is 0.0408 e. The van der Waals surface area contributed by atoms with Gasteiger partial charge in [0.15, 0.2) is 0 Å². The van der Waals surface area contributed by atoms with Crippen molar-refractivity contribution in [2.75, 3.05) is 0 Å². The zero-order valence-corrected chi connectivity index (χ0v) is 11.3. The van der Waals surface area contributed by atoms with E-state index in [1.807, 2.05) is 6.07 Å². The van der Waals surface area contributed by atoms with Crippen molar-refractivity contribution in [3.8, 4) is 0 Å². The van der Waals surface area contributed by atoms with Gasteiger partial charge in [0.25, 0.3) is 0 Å². The highest BCUT2D eigenvalue weighted by Crippen LogP contribution is 2.46. The SMILES string of the molecule is CC1(C)NC(C2CC2)CC1c1cccc(Cl)c1. The zero-order chi connectivity index (χ0) is 12.0. The van der Waals surface area contributed by atoms with Gasteiger partial charge in [-0.25, -0.2) is 0 Å². The molecule has 1 aliphatic carbocycles. The standard InChI is InChI=1S/C15H20ClN/c1-15(2)13(9-14(17-15)10-6-7-10)11-4-3-5-12(16)8-11/h3-5,8,10,13-14,17H,6-7,9H2,1-2H3. The third-order valence-corrected chi connectivity index (χ3v) is 4.60. The Morgan fingerprint density at radius 1 is 1.29 bits per heavy atom. The summed E-state index contributed by atoms with van der Waals surface area (Å²) in [6.07, 6.45) is 4.09. The van der Waals surface area contributed by atoms with Crippen molar-refractivity contribution < 1.29 is 0 Å². The summed E-state index contributed by atoms with van der Waals surface area (Å²) in [5.41, 5.74) is 1.58. The minimum Gasteiger partial charge on any atom is -0.308 e. The third-order valence-electron chi connectivity index (χ3n) is 4.36. The predicted octanol–water partition coefficient (Wildman–Crippen LogP) is 3.97. The monoisotopic (exact) mass is 249 g/mol. The maximum Gasteiger partial charge on any atom is 0.0408 e. The highest BCUT2D eigenvalue weighted by Gasteiger charge is 2.45. The van der Waals surface area contributed by atoms with E-state index in [0.717, 1.165) is 10.9 Å². The third kappa shape index (κ3) is 2.23. The molecule has 1 saturated carbocycles. The van der Waals surface area contributed by atoms with Crippen LogP contribution in [0.15, 0.2) is 24.3 Å². The van der Waals surface area contributed by atoms with Crippen molar-refractivity contribution in [3.05, 3.63) is 34.9 Å². The number of hydrogen-bond donors (Lipinski definition) is 1. The second-order valence-corrected chi connectivity index (χ2v) is 6.59. The van der Waals surface area contributed by atoms with E-state index in [0.29, 0.717) is 12.0 Å². The Bertz CT molecular complexity index is 423. The first-order valence-corrected chi connectivity index (χ1v) is 6.97. The fraction of sp³-hybridized carbons (Fsp3) is 0.600. The van der Waals surface area contributed by atoms with Crippen molar-refractivity contribution in [1.29, 1.82) is 0 Å². The van der Waals surface area contributed by atoms with E-state index in [9.17, 15) is 0 Å². The Balaban J connectivity index is 1.86. The molecule has 1 nitrogen and oxygen atoms in total. The van der Waals surface area contributed by atoms with Gasteiger partial charge in [0.1, 0.15) is 0 Å². The largest absolute Gasteiger partial charge is 0.308 e. The highest BCUT2D eigenvalue weighted by molar-refractivity contribution is 6.30. The summed E-state index contributed by atoms with van der Waals surface area (Å²) in [6, 6.07) is 9.09. The predicted molar refractivity (Wildman–Crippen MR) is 72.5 cm³/mol. The fourth-order valence-electron chi connectivity index (χ4n) is 3.27. The molecule has 2 heteroatoms. The molecule has 0 amide bonds. The lowest BCUT2D eigenvalue weighted by Crippen LogP contribution is -2.40. The molecule has 2 fully saturated rings. The van der Waals surface area contributed by atoms with Crippen LogP contribution >= 0.6 is 11.6 Å². The summed E-state index contributed by atoms with van der Waals surface area (Å²) in [5.74, 6) is 1.52. The summed E-state index contributed by atoms with van der Waals surface area (Å²) in [7, 11) is 0. The van der Waals surface area contributed by atoms with Crippen LogP contribution in [0.2, 0.25) is 5.02 Å². The number of benzene rings is 1. The first-order valence-electron chi connectivity index (χ1n) is 6.59. The molecule has 1 aliphatic heterocycles. The van der Waals surface area contributed by atoms with Gasteiger partial charge in [-0.15, -0.1) is 0 Å². The molecule has 0 bridgehead atoms. The van der Waals surface area contributed by atoms with Gasteiger partial charge in [0, 0.05) is 22.5 Å².